The van der Waals surface area contributed by atoms with E-state index in [2.05, 4.69) is 20.1 Å². The Labute approximate surface area is 139 Å². The van der Waals surface area contributed by atoms with Crippen molar-refractivity contribution in [1.29, 1.82) is 0 Å². The van der Waals surface area contributed by atoms with Gasteiger partial charge in [-0.2, -0.15) is 15.4 Å². The van der Waals surface area contributed by atoms with Crippen LogP contribution in [0.2, 0.25) is 0 Å². The number of rotatable bonds is 3. The summed E-state index contributed by atoms with van der Waals surface area (Å²) in [7, 11) is -3.80. The molecule has 0 unspecified atom stereocenters. The first-order valence-electron chi connectivity index (χ1n) is 7.64. The minimum Gasteiger partial charge on any atom is -0.492 e. The van der Waals surface area contributed by atoms with Crippen molar-refractivity contribution in [2.75, 3.05) is 11.3 Å². The Hall–Kier alpha value is -2.61. The fourth-order valence-corrected chi connectivity index (χ4v) is 4.23. The molecule has 8 heteroatoms. The van der Waals surface area contributed by atoms with Crippen molar-refractivity contribution in [2.24, 2.45) is 0 Å². The number of H-pyrrole nitrogens is 1. The molecule has 0 radical (unpaired) electrons. The quantitative estimate of drug-likeness (QED) is 0.760. The van der Waals surface area contributed by atoms with Crippen LogP contribution in [0.1, 0.15) is 17.5 Å². The van der Waals surface area contributed by atoms with Crippen LogP contribution in [-0.2, 0) is 16.4 Å². The van der Waals surface area contributed by atoms with Gasteiger partial charge in [0.05, 0.1) is 12.3 Å². The van der Waals surface area contributed by atoms with Crippen LogP contribution in [0, 0.1) is 6.92 Å². The number of nitrogens with zero attached hydrogens (tertiary/aromatic N) is 2. The van der Waals surface area contributed by atoms with Crippen LogP contribution in [-0.4, -0.2) is 30.4 Å². The zero-order chi connectivity index (χ0) is 16.7. The number of hydrogen-bond acceptors (Lipinski definition) is 5. The van der Waals surface area contributed by atoms with E-state index in [1.54, 1.807) is 24.3 Å². The summed E-state index contributed by atoms with van der Waals surface area (Å²) in [4.78, 5) is 0.152. The van der Waals surface area contributed by atoms with Crippen LogP contribution in [0.15, 0.2) is 35.2 Å². The number of fused-ring (bicyclic) bond motifs is 2. The van der Waals surface area contributed by atoms with E-state index >= 15 is 0 Å². The Bertz CT molecular complexity index is 1030. The van der Waals surface area contributed by atoms with Crippen LogP contribution >= 0.6 is 0 Å². The van der Waals surface area contributed by atoms with E-state index in [4.69, 9.17) is 4.74 Å². The molecule has 0 bridgehead atoms. The zero-order valence-electron chi connectivity index (χ0n) is 13.0. The van der Waals surface area contributed by atoms with Crippen LogP contribution in [0.3, 0.4) is 0 Å². The zero-order valence-corrected chi connectivity index (χ0v) is 13.9. The Kier molecular flexibility index (Phi) is 3.42. The smallest absolute Gasteiger partial charge is 0.265 e. The summed E-state index contributed by atoms with van der Waals surface area (Å²) < 4.78 is 34.2. The maximum absolute atomic E-state index is 12.9. The molecule has 24 heavy (non-hydrogen) atoms. The molecule has 0 saturated carbocycles. The number of aromatic nitrogens is 3. The van der Waals surface area contributed by atoms with Crippen molar-refractivity contribution in [1.82, 2.24) is 15.4 Å². The fourth-order valence-electron chi connectivity index (χ4n) is 2.90. The standard InChI is InChI=1S/C16H16N4O3S/c1-10-7-8-12-15(18-20-17-12)14(10)19-24(21,22)13-6-2-4-11-5-3-9-23-16(11)13/h2,4,6-8,19H,3,5,9H2,1H3,(H,17,18,20). The summed E-state index contributed by atoms with van der Waals surface area (Å²) in [6.07, 6.45) is 1.71. The average Bonchev–Trinajstić information content (AvgIpc) is 3.06. The van der Waals surface area contributed by atoms with Gasteiger partial charge in [-0.3, -0.25) is 4.72 Å². The largest absolute Gasteiger partial charge is 0.492 e. The SMILES string of the molecule is Cc1ccc2n[nH]nc2c1NS(=O)(=O)c1cccc2c1OCCC2. The number of anilines is 1. The van der Waals surface area contributed by atoms with Crippen molar-refractivity contribution in [3.05, 3.63) is 41.5 Å². The number of ether oxygens (including phenoxy) is 1. The lowest BCUT2D eigenvalue weighted by atomic mass is 10.1. The molecule has 7 nitrogen and oxygen atoms in total. The normalized spacial score (nSPS) is 14.2. The van der Waals surface area contributed by atoms with E-state index in [0.717, 1.165) is 24.0 Å². The first kappa shape index (κ1) is 14.9. The predicted molar refractivity (Wildman–Crippen MR) is 89.7 cm³/mol. The number of nitrogens with one attached hydrogen (secondary N) is 2. The molecular formula is C16H16N4O3S. The average molecular weight is 344 g/mol. The predicted octanol–water partition coefficient (Wildman–Crippen LogP) is 2.39. The van der Waals surface area contributed by atoms with Crippen molar-refractivity contribution in [3.63, 3.8) is 0 Å². The summed E-state index contributed by atoms with van der Waals surface area (Å²) >= 11 is 0. The van der Waals surface area contributed by atoms with Crippen molar-refractivity contribution >= 4 is 26.7 Å². The molecule has 4 rings (SSSR count). The fraction of sp³-hybridized carbons (Fsp3) is 0.250. The van der Waals surface area contributed by atoms with Crippen LogP contribution < -0.4 is 9.46 Å². The highest BCUT2D eigenvalue weighted by molar-refractivity contribution is 7.92. The highest BCUT2D eigenvalue weighted by atomic mass is 32.2. The number of sulfonamides is 1. The van der Waals surface area contributed by atoms with Gasteiger partial charge in [0.25, 0.3) is 10.0 Å². The Balaban J connectivity index is 1.82. The monoisotopic (exact) mass is 344 g/mol. The Morgan fingerprint density at radius 1 is 1.21 bits per heavy atom. The van der Waals surface area contributed by atoms with Gasteiger partial charge in [0.2, 0.25) is 0 Å². The number of aryl methyl sites for hydroxylation is 2. The topological polar surface area (TPSA) is 97.0 Å². The number of para-hydroxylation sites is 1. The van der Waals surface area contributed by atoms with Crippen molar-refractivity contribution < 1.29 is 13.2 Å². The molecule has 0 saturated heterocycles. The van der Waals surface area contributed by atoms with E-state index in [-0.39, 0.29) is 4.90 Å². The molecule has 124 valence electrons. The third-order valence-electron chi connectivity index (χ3n) is 4.12. The first-order chi connectivity index (χ1) is 11.6. The third-order valence-corrected chi connectivity index (χ3v) is 5.49. The second-order valence-corrected chi connectivity index (χ2v) is 7.40. The summed E-state index contributed by atoms with van der Waals surface area (Å²) in [6.45, 7) is 2.35. The molecule has 3 aromatic rings. The molecule has 1 aliphatic rings. The highest BCUT2D eigenvalue weighted by Gasteiger charge is 2.25. The lowest BCUT2D eigenvalue weighted by Gasteiger charge is -2.20. The van der Waals surface area contributed by atoms with Gasteiger partial charge in [0, 0.05) is 0 Å². The first-order valence-corrected chi connectivity index (χ1v) is 9.12. The van der Waals surface area contributed by atoms with Crippen molar-refractivity contribution in [3.8, 4) is 5.75 Å². The van der Waals surface area contributed by atoms with E-state index in [1.807, 2.05) is 13.0 Å². The van der Waals surface area contributed by atoms with Gasteiger partial charge in [-0.25, -0.2) is 8.42 Å². The van der Waals surface area contributed by atoms with E-state index in [9.17, 15) is 8.42 Å². The molecule has 1 aliphatic heterocycles. The molecule has 0 spiro atoms. The van der Waals surface area contributed by atoms with Crippen molar-refractivity contribution in [2.45, 2.75) is 24.7 Å². The summed E-state index contributed by atoms with van der Waals surface area (Å²) in [5.74, 6) is 0.446. The van der Waals surface area contributed by atoms with Gasteiger partial charge < -0.3 is 4.74 Å². The molecule has 0 aliphatic carbocycles. The van der Waals surface area contributed by atoms with E-state index in [1.165, 1.54) is 0 Å². The van der Waals surface area contributed by atoms with Crippen LogP contribution in [0.5, 0.6) is 5.75 Å². The maximum atomic E-state index is 12.9. The van der Waals surface area contributed by atoms with Gasteiger partial charge in [0.15, 0.2) is 0 Å². The molecule has 2 heterocycles. The molecule has 1 aromatic heterocycles. The van der Waals surface area contributed by atoms with Gasteiger partial charge >= 0.3 is 0 Å². The van der Waals surface area contributed by atoms with E-state index in [0.29, 0.717) is 29.1 Å². The minimum atomic E-state index is -3.80. The highest BCUT2D eigenvalue weighted by Crippen LogP contribution is 2.34. The molecular weight excluding hydrogens is 328 g/mol. The molecule has 2 aromatic carbocycles. The second kappa shape index (κ2) is 5.48. The summed E-state index contributed by atoms with van der Waals surface area (Å²) in [5, 5.41) is 10.6. The van der Waals surface area contributed by atoms with Crippen LogP contribution in [0.25, 0.3) is 11.0 Å². The molecule has 0 fully saturated rings. The lowest BCUT2D eigenvalue weighted by molar-refractivity contribution is 0.280. The summed E-state index contributed by atoms with van der Waals surface area (Å²) in [5.41, 5.74) is 3.20. The third kappa shape index (κ3) is 2.39. The van der Waals surface area contributed by atoms with Gasteiger partial charge in [-0.15, -0.1) is 0 Å². The molecule has 0 amide bonds. The lowest BCUT2D eigenvalue weighted by Crippen LogP contribution is -2.18. The van der Waals surface area contributed by atoms with Gasteiger partial charge in [0.1, 0.15) is 21.7 Å². The Morgan fingerprint density at radius 3 is 2.96 bits per heavy atom. The van der Waals surface area contributed by atoms with E-state index < -0.39 is 10.0 Å². The summed E-state index contributed by atoms with van der Waals surface area (Å²) in [6, 6.07) is 8.80. The Morgan fingerprint density at radius 2 is 2.08 bits per heavy atom. The number of aromatic amines is 1. The van der Waals surface area contributed by atoms with Crippen LogP contribution in [0.4, 0.5) is 5.69 Å². The van der Waals surface area contributed by atoms with Gasteiger partial charge in [-0.05, 0) is 43.0 Å². The van der Waals surface area contributed by atoms with Gasteiger partial charge in [-0.1, -0.05) is 18.2 Å². The molecule has 0 atom stereocenters. The second-order valence-electron chi connectivity index (χ2n) is 5.75. The number of hydrogen-bond donors (Lipinski definition) is 2. The minimum absolute atomic E-state index is 0.152. The molecule has 2 N–H and O–H groups in total. The number of benzene rings is 2. The maximum Gasteiger partial charge on any atom is 0.265 e.